The van der Waals surface area contributed by atoms with Crippen molar-refractivity contribution in [3.8, 4) is 0 Å². The van der Waals surface area contributed by atoms with Crippen molar-refractivity contribution in [1.82, 2.24) is 0 Å². The summed E-state index contributed by atoms with van der Waals surface area (Å²) in [4.78, 5) is 5.17. The standard InChI is InChI=1S/C25H18Cl2F4N2O2/c26-16-7-14-8-19(22(34)11-23(32)33-35-12-13-1-4-17(28)5-2-13)18-6-3-15(25(29,30)31)9-20(18)24(14)21(27)10-16/h1-10,22,34H,11-12H2,(H2,32,33). The Balaban J connectivity index is 1.68. The Morgan fingerprint density at radius 2 is 1.71 bits per heavy atom. The number of aliphatic hydroxyl groups is 1. The van der Waals surface area contributed by atoms with Gasteiger partial charge in [0.1, 0.15) is 18.3 Å². The first-order valence-corrected chi connectivity index (χ1v) is 11.1. The molecule has 0 saturated carbocycles. The predicted octanol–water partition coefficient (Wildman–Crippen LogP) is 7.37. The second-order valence-electron chi connectivity index (χ2n) is 7.91. The molecular weight excluding hydrogens is 507 g/mol. The number of oxime groups is 1. The maximum atomic E-state index is 13.4. The van der Waals surface area contributed by atoms with E-state index in [9.17, 15) is 22.7 Å². The van der Waals surface area contributed by atoms with E-state index >= 15 is 0 Å². The van der Waals surface area contributed by atoms with Gasteiger partial charge < -0.3 is 15.7 Å². The fraction of sp³-hybridized carbons (Fsp3) is 0.160. The summed E-state index contributed by atoms with van der Waals surface area (Å²) in [7, 11) is 0. The van der Waals surface area contributed by atoms with Gasteiger partial charge in [-0.2, -0.15) is 13.2 Å². The van der Waals surface area contributed by atoms with E-state index in [0.29, 0.717) is 32.3 Å². The zero-order valence-electron chi connectivity index (χ0n) is 17.9. The molecule has 0 aliphatic heterocycles. The van der Waals surface area contributed by atoms with E-state index in [0.717, 1.165) is 12.1 Å². The van der Waals surface area contributed by atoms with Crippen LogP contribution in [0.5, 0.6) is 0 Å². The molecule has 0 amide bonds. The minimum absolute atomic E-state index is 0.0349. The van der Waals surface area contributed by atoms with Gasteiger partial charge >= 0.3 is 6.18 Å². The number of fused-ring (bicyclic) bond motifs is 3. The highest BCUT2D eigenvalue weighted by atomic mass is 35.5. The summed E-state index contributed by atoms with van der Waals surface area (Å²) >= 11 is 12.4. The molecule has 4 nitrogen and oxygen atoms in total. The summed E-state index contributed by atoms with van der Waals surface area (Å²) in [5.41, 5.74) is 6.05. The predicted molar refractivity (Wildman–Crippen MR) is 129 cm³/mol. The Bertz CT molecular complexity index is 1420. The molecule has 10 heteroatoms. The van der Waals surface area contributed by atoms with Crippen LogP contribution >= 0.6 is 23.2 Å². The van der Waals surface area contributed by atoms with Crippen LogP contribution in [0, 0.1) is 5.82 Å². The third-order valence-electron chi connectivity index (χ3n) is 5.41. The minimum Gasteiger partial charge on any atom is -0.390 e. The summed E-state index contributed by atoms with van der Waals surface area (Å²) in [6, 6.07) is 13.5. The normalized spacial score (nSPS) is 13.4. The number of halogens is 6. The second kappa shape index (κ2) is 9.89. The molecule has 0 aromatic heterocycles. The second-order valence-corrected chi connectivity index (χ2v) is 8.76. The maximum Gasteiger partial charge on any atom is 0.416 e. The van der Waals surface area contributed by atoms with Crippen molar-refractivity contribution in [2.45, 2.75) is 25.3 Å². The van der Waals surface area contributed by atoms with Gasteiger partial charge in [0.25, 0.3) is 0 Å². The molecule has 35 heavy (non-hydrogen) atoms. The van der Waals surface area contributed by atoms with Crippen LogP contribution in [0.3, 0.4) is 0 Å². The molecule has 1 unspecified atom stereocenters. The molecule has 0 heterocycles. The molecule has 0 radical (unpaired) electrons. The quantitative estimate of drug-likeness (QED) is 0.0909. The Kier molecular flexibility index (Phi) is 7.07. The van der Waals surface area contributed by atoms with Gasteiger partial charge in [0.2, 0.25) is 0 Å². The van der Waals surface area contributed by atoms with E-state index < -0.39 is 17.8 Å². The van der Waals surface area contributed by atoms with E-state index in [4.69, 9.17) is 33.8 Å². The molecule has 4 aromatic rings. The first-order valence-electron chi connectivity index (χ1n) is 10.3. The van der Waals surface area contributed by atoms with E-state index in [1.807, 2.05) is 0 Å². The Hall–Kier alpha value is -3.07. The molecule has 1 atom stereocenters. The lowest BCUT2D eigenvalue weighted by Gasteiger charge is -2.18. The first-order chi connectivity index (χ1) is 16.5. The SMILES string of the molecule is N/C(CC(O)c1cc2cc(Cl)cc(Cl)c2c2cc(C(F)(F)F)ccc12)=N\OCc1ccc(F)cc1. The molecule has 0 fully saturated rings. The minimum atomic E-state index is -4.56. The summed E-state index contributed by atoms with van der Waals surface area (Å²) in [6.07, 6.45) is -5.93. The van der Waals surface area contributed by atoms with Crippen LogP contribution in [-0.4, -0.2) is 10.9 Å². The zero-order valence-corrected chi connectivity index (χ0v) is 19.4. The van der Waals surface area contributed by atoms with Crippen molar-refractivity contribution >= 4 is 50.6 Å². The molecule has 0 bridgehead atoms. The smallest absolute Gasteiger partial charge is 0.390 e. The third-order valence-corrected chi connectivity index (χ3v) is 5.93. The fourth-order valence-corrected chi connectivity index (χ4v) is 4.42. The lowest BCUT2D eigenvalue weighted by molar-refractivity contribution is -0.137. The van der Waals surface area contributed by atoms with Gasteiger partial charge in [-0.15, -0.1) is 0 Å². The number of benzene rings is 4. The molecular formula is C25H18Cl2F4N2O2. The molecule has 0 aliphatic rings. The van der Waals surface area contributed by atoms with Crippen LogP contribution in [0.4, 0.5) is 17.6 Å². The molecule has 182 valence electrons. The number of hydrogen-bond donors (Lipinski definition) is 2. The number of nitrogens with zero attached hydrogens (tertiary/aromatic N) is 1. The van der Waals surface area contributed by atoms with Gasteiger partial charge in [-0.3, -0.25) is 0 Å². The van der Waals surface area contributed by atoms with Crippen molar-refractivity contribution in [2.75, 3.05) is 0 Å². The van der Waals surface area contributed by atoms with Gasteiger partial charge in [0.15, 0.2) is 0 Å². The van der Waals surface area contributed by atoms with E-state index in [2.05, 4.69) is 5.16 Å². The van der Waals surface area contributed by atoms with Gasteiger partial charge in [-0.05, 0) is 69.8 Å². The highest BCUT2D eigenvalue weighted by molar-refractivity contribution is 6.40. The number of hydrogen-bond acceptors (Lipinski definition) is 3. The number of nitrogens with two attached hydrogens (primary N) is 1. The van der Waals surface area contributed by atoms with Crippen molar-refractivity contribution in [1.29, 1.82) is 0 Å². The lowest BCUT2D eigenvalue weighted by Crippen LogP contribution is -2.17. The molecule has 0 aliphatic carbocycles. The third kappa shape index (κ3) is 5.61. The van der Waals surface area contributed by atoms with E-state index in [1.54, 1.807) is 12.1 Å². The van der Waals surface area contributed by atoms with Gasteiger partial charge in [0, 0.05) is 16.8 Å². The molecule has 0 saturated heterocycles. The van der Waals surface area contributed by atoms with Crippen LogP contribution in [0.25, 0.3) is 21.5 Å². The number of aliphatic hydroxyl groups excluding tert-OH is 1. The van der Waals surface area contributed by atoms with Crippen molar-refractivity contribution in [2.24, 2.45) is 10.9 Å². The number of amidine groups is 1. The molecule has 3 N–H and O–H groups in total. The summed E-state index contributed by atoms with van der Waals surface area (Å²) in [5.74, 6) is -0.420. The first kappa shape index (κ1) is 25.0. The largest absolute Gasteiger partial charge is 0.416 e. The monoisotopic (exact) mass is 524 g/mol. The van der Waals surface area contributed by atoms with Crippen LogP contribution in [-0.2, 0) is 17.6 Å². The number of rotatable bonds is 6. The van der Waals surface area contributed by atoms with E-state index in [1.165, 1.54) is 36.4 Å². The highest BCUT2D eigenvalue weighted by Crippen LogP contribution is 2.40. The lowest BCUT2D eigenvalue weighted by atomic mass is 9.92. The average molecular weight is 525 g/mol. The van der Waals surface area contributed by atoms with Crippen molar-refractivity contribution in [3.05, 3.63) is 93.2 Å². The summed E-state index contributed by atoms with van der Waals surface area (Å²) < 4.78 is 53.2. The van der Waals surface area contributed by atoms with Crippen LogP contribution in [0.15, 0.2) is 65.8 Å². The topological polar surface area (TPSA) is 67.8 Å². The fourth-order valence-electron chi connectivity index (χ4n) is 3.81. The number of alkyl halides is 3. The summed E-state index contributed by atoms with van der Waals surface area (Å²) in [6.45, 7) is 0.0349. The zero-order chi connectivity index (χ0) is 25.3. The van der Waals surface area contributed by atoms with Crippen molar-refractivity contribution in [3.63, 3.8) is 0 Å². The maximum absolute atomic E-state index is 13.4. The van der Waals surface area contributed by atoms with Crippen LogP contribution < -0.4 is 5.73 Å². The average Bonchev–Trinajstić information content (AvgIpc) is 2.78. The summed E-state index contributed by atoms with van der Waals surface area (Å²) in [5, 5.41) is 16.6. The van der Waals surface area contributed by atoms with Crippen LogP contribution in [0.1, 0.15) is 29.2 Å². The van der Waals surface area contributed by atoms with E-state index in [-0.39, 0.29) is 35.1 Å². The Morgan fingerprint density at radius 1 is 1.00 bits per heavy atom. The Morgan fingerprint density at radius 3 is 2.40 bits per heavy atom. The molecule has 4 rings (SSSR count). The van der Waals surface area contributed by atoms with Gasteiger partial charge in [-0.25, -0.2) is 4.39 Å². The van der Waals surface area contributed by atoms with Crippen molar-refractivity contribution < 1.29 is 27.5 Å². The van der Waals surface area contributed by atoms with Crippen LogP contribution in [0.2, 0.25) is 10.0 Å². The van der Waals surface area contributed by atoms with Gasteiger partial charge in [0.05, 0.1) is 16.7 Å². The molecule has 0 spiro atoms. The van der Waals surface area contributed by atoms with Gasteiger partial charge in [-0.1, -0.05) is 46.6 Å². The Labute approximate surface area is 207 Å². The molecule has 4 aromatic carbocycles. The highest BCUT2D eigenvalue weighted by Gasteiger charge is 2.31.